The molecule has 6 nitrogen and oxygen atoms in total. The number of pyridine rings is 1. The summed E-state index contributed by atoms with van der Waals surface area (Å²) >= 11 is 0. The Morgan fingerprint density at radius 1 is 1.39 bits per heavy atom. The fourth-order valence-electron chi connectivity index (χ4n) is 3.45. The number of hydrogen-bond acceptors (Lipinski definition) is 5. The standard InChI is InChI=1S/C17H25N3O3/c21-12-13-3-1-4-14(11-13)19-17(22)15-5-2-6-18-16(15)20-7-9-23-10-8-20/h2,5-6,13-14,21H,1,3-4,7-12H2,(H,19,22). The minimum atomic E-state index is -0.0665. The van der Waals surface area contributed by atoms with Gasteiger partial charge in [-0.2, -0.15) is 0 Å². The third-order valence-corrected chi connectivity index (χ3v) is 4.72. The Bertz CT molecular complexity index is 532. The lowest BCUT2D eigenvalue weighted by atomic mass is 9.86. The molecule has 2 heterocycles. The average Bonchev–Trinajstić information content (AvgIpc) is 2.62. The lowest BCUT2D eigenvalue weighted by Gasteiger charge is -2.31. The highest BCUT2D eigenvalue weighted by atomic mass is 16.5. The molecule has 1 aromatic rings. The first kappa shape index (κ1) is 16.2. The van der Waals surface area contributed by atoms with E-state index in [9.17, 15) is 9.90 Å². The third kappa shape index (κ3) is 4.00. The number of aliphatic hydroxyl groups excluding tert-OH is 1. The fourth-order valence-corrected chi connectivity index (χ4v) is 3.45. The van der Waals surface area contributed by atoms with Crippen LogP contribution in [0, 0.1) is 5.92 Å². The van der Waals surface area contributed by atoms with Crippen molar-refractivity contribution in [2.24, 2.45) is 5.92 Å². The number of morpholine rings is 1. The van der Waals surface area contributed by atoms with Gasteiger partial charge in [0.1, 0.15) is 5.82 Å². The van der Waals surface area contributed by atoms with Crippen LogP contribution < -0.4 is 10.2 Å². The molecule has 0 radical (unpaired) electrons. The largest absolute Gasteiger partial charge is 0.396 e. The summed E-state index contributed by atoms with van der Waals surface area (Å²) in [6, 6.07) is 3.78. The monoisotopic (exact) mass is 319 g/mol. The maximum atomic E-state index is 12.7. The molecule has 6 heteroatoms. The summed E-state index contributed by atoms with van der Waals surface area (Å²) in [7, 11) is 0. The zero-order valence-corrected chi connectivity index (χ0v) is 13.4. The summed E-state index contributed by atoms with van der Waals surface area (Å²) < 4.78 is 5.37. The van der Waals surface area contributed by atoms with Crippen LogP contribution in [0.15, 0.2) is 18.3 Å². The number of carbonyl (C=O) groups is 1. The first-order valence-corrected chi connectivity index (χ1v) is 8.47. The van der Waals surface area contributed by atoms with Crippen LogP contribution in [0.25, 0.3) is 0 Å². The molecule has 0 aromatic carbocycles. The number of hydrogen-bond donors (Lipinski definition) is 2. The molecular weight excluding hydrogens is 294 g/mol. The lowest BCUT2D eigenvalue weighted by Crippen LogP contribution is -2.41. The molecule has 1 aromatic heterocycles. The van der Waals surface area contributed by atoms with Gasteiger partial charge in [-0.3, -0.25) is 4.79 Å². The van der Waals surface area contributed by atoms with E-state index < -0.39 is 0 Å². The number of nitrogens with one attached hydrogen (secondary N) is 1. The number of ether oxygens (including phenoxy) is 1. The van der Waals surface area contributed by atoms with Crippen LogP contribution in [0.1, 0.15) is 36.0 Å². The van der Waals surface area contributed by atoms with E-state index in [2.05, 4.69) is 15.2 Å². The Labute approximate surface area is 136 Å². The van der Waals surface area contributed by atoms with Crippen LogP contribution >= 0.6 is 0 Å². The summed E-state index contributed by atoms with van der Waals surface area (Å²) in [6.45, 7) is 3.05. The number of nitrogens with zero attached hydrogens (tertiary/aromatic N) is 2. The maximum absolute atomic E-state index is 12.7. The molecule has 2 aliphatic rings. The third-order valence-electron chi connectivity index (χ3n) is 4.72. The average molecular weight is 319 g/mol. The van der Waals surface area contributed by atoms with E-state index >= 15 is 0 Å². The first-order valence-electron chi connectivity index (χ1n) is 8.47. The van der Waals surface area contributed by atoms with Crippen molar-refractivity contribution in [3.05, 3.63) is 23.9 Å². The Morgan fingerprint density at radius 3 is 3.00 bits per heavy atom. The molecule has 2 atom stereocenters. The molecule has 0 spiro atoms. The number of amides is 1. The van der Waals surface area contributed by atoms with Crippen molar-refractivity contribution in [1.29, 1.82) is 0 Å². The summed E-state index contributed by atoms with van der Waals surface area (Å²) in [5.74, 6) is 0.979. The SMILES string of the molecule is O=C(NC1CCCC(CO)C1)c1cccnc1N1CCOCC1. The Kier molecular flexibility index (Phi) is 5.46. The van der Waals surface area contributed by atoms with Gasteiger partial charge in [0.25, 0.3) is 5.91 Å². The second kappa shape index (κ2) is 7.75. The van der Waals surface area contributed by atoms with E-state index in [4.69, 9.17) is 4.74 Å². The molecule has 2 fully saturated rings. The molecule has 1 amide bonds. The van der Waals surface area contributed by atoms with E-state index in [-0.39, 0.29) is 18.6 Å². The topological polar surface area (TPSA) is 74.7 Å². The van der Waals surface area contributed by atoms with E-state index in [1.807, 2.05) is 6.07 Å². The second-order valence-electron chi connectivity index (χ2n) is 6.36. The quantitative estimate of drug-likeness (QED) is 0.872. The molecule has 126 valence electrons. The van der Waals surface area contributed by atoms with Crippen LogP contribution in [0.2, 0.25) is 0 Å². The van der Waals surface area contributed by atoms with Gasteiger partial charge in [0, 0.05) is 31.9 Å². The van der Waals surface area contributed by atoms with Crippen molar-refractivity contribution in [1.82, 2.24) is 10.3 Å². The van der Waals surface area contributed by atoms with Crippen molar-refractivity contribution in [2.45, 2.75) is 31.7 Å². The highest BCUT2D eigenvalue weighted by Gasteiger charge is 2.25. The molecular formula is C17H25N3O3. The van der Waals surface area contributed by atoms with Gasteiger partial charge in [-0.25, -0.2) is 4.98 Å². The van der Waals surface area contributed by atoms with Gasteiger partial charge in [-0.15, -0.1) is 0 Å². The van der Waals surface area contributed by atoms with Crippen molar-refractivity contribution in [3.8, 4) is 0 Å². The van der Waals surface area contributed by atoms with Gasteiger partial charge < -0.3 is 20.1 Å². The van der Waals surface area contributed by atoms with Gasteiger partial charge in [-0.1, -0.05) is 6.42 Å². The normalized spacial score (nSPS) is 25.2. The zero-order chi connectivity index (χ0) is 16.1. The minimum absolute atomic E-state index is 0.0665. The highest BCUT2D eigenvalue weighted by molar-refractivity contribution is 5.99. The molecule has 2 N–H and O–H groups in total. The van der Waals surface area contributed by atoms with Crippen molar-refractivity contribution >= 4 is 11.7 Å². The number of carbonyl (C=O) groups excluding carboxylic acids is 1. The summed E-state index contributed by atoms with van der Waals surface area (Å²) in [4.78, 5) is 19.2. The van der Waals surface area contributed by atoms with Gasteiger partial charge in [0.05, 0.1) is 18.8 Å². The summed E-state index contributed by atoms with van der Waals surface area (Å²) in [5.41, 5.74) is 0.625. The van der Waals surface area contributed by atoms with Crippen LogP contribution in [0.5, 0.6) is 0 Å². The summed E-state index contributed by atoms with van der Waals surface area (Å²) in [5, 5.41) is 12.5. The minimum Gasteiger partial charge on any atom is -0.396 e. The summed E-state index contributed by atoms with van der Waals surface area (Å²) in [6.07, 6.45) is 5.67. The fraction of sp³-hybridized carbons (Fsp3) is 0.647. The first-order chi connectivity index (χ1) is 11.3. The predicted octanol–water partition coefficient (Wildman–Crippen LogP) is 1.20. The Balaban J connectivity index is 1.69. The van der Waals surface area contributed by atoms with Crippen molar-refractivity contribution in [3.63, 3.8) is 0 Å². The molecule has 23 heavy (non-hydrogen) atoms. The molecule has 1 saturated carbocycles. The van der Waals surface area contributed by atoms with Crippen molar-refractivity contribution < 1.29 is 14.6 Å². The molecule has 1 saturated heterocycles. The van der Waals surface area contributed by atoms with E-state index in [1.54, 1.807) is 12.3 Å². The van der Waals surface area contributed by atoms with Crippen LogP contribution in [-0.4, -0.2) is 54.9 Å². The second-order valence-corrected chi connectivity index (χ2v) is 6.36. The van der Waals surface area contributed by atoms with Crippen LogP contribution in [-0.2, 0) is 4.74 Å². The maximum Gasteiger partial charge on any atom is 0.255 e. The van der Waals surface area contributed by atoms with E-state index in [0.717, 1.165) is 44.6 Å². The van der Waals surface area contributed by atoms with Gasteiger partial charge in [0.2, 0.25) is 0 Å². The zero-order valence-electron chi connectivity index (χ0n) is 13.4. The Hall–Kier alpha value is -1.66. The molecule has 0 bridgehead atoms. The van der Waals surface area contributed by atoms with E-state index in [1.165, 1.54) is 0 Å². The molecule has 2 unspecified atom stereocenters. The smallest absolute Gasteiger partial charge is 0.255 e. The lowest BCUT2D eigenvalue weighted by molar-refractivity contribution is 0.0904. The van der Waals surface area contributed by atoms with Gasteiger partial charge >= 0.3 is 0 Å². The number of anilines is 1. The molecule has 1 aliphatic carbocycles. The van der Waals surface area contributed by atoms with Crippen LogP contribution in [0.4, 0.5) is 5.82 Å². The molecule has 1 aliphatic heterocycles. The van der Waals surface area contributed by atoms with Gasteiger partial charge in [0.15, 0.2) is 0 Å². The Morgan fingerprint density at radius 2 is 2.22 bits per heavy atom. The molecule has 3 rings (SSSR count). The van der Waals surface area contributed by atoms with Gasteiger partial charge in [-0.05, 0) is 37.3 Å². The van der Waals surface area contributed by atoms with Crippen molar-refractivity contribution in [2.75, 3.05) is 37.8 Å². The number of aliphatic hydroxyl groups is 1. The van der Waals surface area contributed by atoms with E-state index in [0.29, 0.717) is 24.7 Å². The van der Waals surface area contributed by atoms with Crippen LogP contribution in [0.3, 0.4) is 0 Å². The number of rotatable bonds is 4. The number of aromatic nitrogens is 1. The predicted molar refractivity (Wildman–Crippen MR) is 87.6 cm³/mol. The highest BCUT2D eigenvalue weighted by Crippen LogP contribution is 2.25.